The largest absolute Gasteiger partial charge is 0.326 e. The van der Waals surface area contributed by atoms with Crippen LogP contribution in [-0.2, 0) is 11.3 Å². The molecule has 0 radical (unpaired) electrons. The molecule has 1 aliphatic rings. The lowest BCUT2D eigenvalue weighted by atomic mass is 9.88. The number of hydrogen-bond acceptors (Lipinski definition) is 2. The van der Waals surface area contributed by atoms with Gasteiger partial charge in [0.15, 0.2) is 0 Å². The van der Waals surface area contributed by atoms with Crippen LogP contribution in [0.4, 0.5) is 5.69 Å². The zero-order chi connectivity index (χ0) is 13.0. The van der Waals surface area contributed by atoms with E-state index in [1.54, 1.807) is 4.90 Å². The number of carbonyl (C=O) groups excluding carboxylic acids is 1. The molecular weight excluding hydrogens is 224 g/mol. The molecule has 0 bridgehead atoms. The van der Waals surface area contributed by atoms with Crippen LogP contribution in [0, 0.1) is 5.92 Å². The van der Waals surface area contributed by atoms with Gasteiger partial charge in [0.1, 0.15) is 0 Å². The molecule has 1 aromatic carbocycles. The smallest absolute Gasteiger partial charge is 0.229 e. The summed E-state index contributed by atoms with van der Waals surface area (Å²) in [5.74, 6) is 0.449. The second kappa shape index (κ2) is 6.01. The molecule has 3 nitrogen and oxygen atoms in total. The van der Waals surface area contributed by atoms with Gasteiger partial charge in [-0.25, -0.2) is 0 Å². The first-order valence-electron chi connectivity index (χ1n) is 6.79. The lowest BCUT2D eigenvalue weighted by Gasteiger charge is -2.27. The molecular formula is C15H22N2O. The molecule has 98 valence electrons. The Balaban J connectivity index is 2.14. The molecule has 2 rings (SSSR count). The van der Waals surface area contributed by atoms with Crippen molar-refractivity contribution in [2.24, 2.45) is 11.7 Å². The summed E-state index contributed by atoms with van der Waals surface area (Å²) in [4.78, 5) is 14.2. The van der Waals surface area contributed by atoms with E-state index in [9.17, 15) is 4.79 Å². The monoisotopic (exact) mass is 246 g/mol. The Morgan fingerprint density at radius 2 is 1.94 bits per heavy atom. The SMILES string of the molecule is CN(C(=O)C1CCCCC1)c1ccccc1CN. The maximum absolute atomic E-state index is 12.5. The van der Waals surface area contributed by atoms with Gasteiger partial charge < -0.3 is 10.6 Å². The number of para-hydroxylation sites is 1. The van der Waals surface area contributed by atoms with E-state index >= 15 is 0 Å². The van der Waals surface area contributed by atoms with E-state index in [1.807, 2.05) is 31.3 Å². The standard InChI is InChI=1S/C15H22N2O/c1-17(14-10-6-5-9-13(14)11-16)15(18)12-7-3-2-4-8-12/h5-6,9-10,12H,2-4,7-8,11,16H2,1H3. The predicted molar refractivity (Wildman–Crippen MR) is 74.3 cm³/mol. The third-order valence-corrected chi connectivity index (χ3v) is 3.86. The van der Waals surface area contributed by atoms with E-state index < -0.39 is 0 Å². The highest BCUT2D eigenvalue weighted by Crippen LogP contribution is 2.28. The van der Waals surface area contributed by atoms with Gasteiger partial charge in [0, 0.05) is 25.2 Å². The zero-order valence-electron chi connectivity index (χ0n) is 11.1. The third-order valence-electron chi connectivity index (χ3n) is 3.86. The molecule has 1 aliphatic carbocycles. The minimum atomic E-state index is 0.203. The summed E-state index contributed by atoms with van der Waals surface area (Å²) in [5, 5.41) is 0. The van der Waals surface area contributed by atoms with Crippen LogP contribution in [-0.4, -0.2) is 13.0 Å². The Morgan fingerprint density at radius 1 is 1.28 bits per heavy atom. The minimum absolute atomic E-state index is 0.203. The molecule has 0 aliphatic heterocycles. The Labute approximate surface area is 109 Å². The van der Waals surface area contributed by atoms with Crippen LogP contribution in [0.15, 0.2) is 24.3 Å². The van der Waals surface area contributed by atoms with Gasteiger partial charge in [-0.3, -0.25) is 4.79 Å². The molecule has 0 unspecified atom stereocenters. The number of benzene rings is 1. The molecule has 1 saturated carbocycles. The molecule has 0 atom stereocenters. The number of nitrogens with two attached hydrogens (primary N) is 1. The fraction of sp³-hybridized carbons (Fsp3) is 0.533. The van der Waals surface area contributed by atoms with Crippen molar-refractivity contribution in [3.8, 4) is 0 Å². The van der Waals surface area contributed by atoms with Crippen molar-refractivity contribution < 1.29 is 4.79 Å². The van der Waals surface area contributed by atoms with Crippen LogP contribution >= 0.6 is 0 Å². The van der Waals surface area contributed by atoms with E-state index in [2.05, 4.69) is 0 Å². The molecule has 1 amide bonds. The molecule has 18 heavy (non-hydrogen) atoms. The molecule has 0 aromatic heterocycles. The van der Waals surface area contributed by atoms with Crippen molar-refractivity contribution >= 4 is 11.6 Å². The van der Waals surface area contributed by atoms with Crippen LogP contribution in [0.1, 0.15) is 37.7 Å². The topological polar surface area (TPSA) is 46.3 Å². The second-order valence-corrected chi connectivity index (χ2v) is 5.07. The Morgan fingerprint density at radius 3 is 2.61 bits per heavy atom. The summed E-state index contributed by atoms with van der Waals surface area (Å²) >= 11 is 0. The Hall–Kier alpha value is -1.35. The Bertz CT molecular complexity index is 411. The first kappa shape index (κ1) is 13.1. The maximum Gasteiger partial charge on any atom is 0.229 e. The zero-order valence-corrected chi connectivity index (χ0v) is 11.1. The van der Waals surface area contributed by atoms with Crippen molar-refractivity contribution in [2.75, 3.05) is 11.9 Å². The summed E-state index contributed by atoms with van der Waals surface area (Å²) in [5.41, 5.74) is 7.71. The van der Waals surface area contributed by atoms with E-state index in [4.69, 9.17) is 5.73 Å². The average molecular weight is 246 g/mol. The number of carbonyl (C=O) groups is 1. The van der Waals surface area contributed by atoms with Crippen molar-refractivity contribution in [3.63, 3.8) is 0 Å². The number of amides is 1. The van der Waals surface area contributed by atoms with Gasteiger partial charge >= 0.3 is 0 Å². The van der Waals surface area contributed by atoms with Crippen LogP contribution < -0.4 is 10.6 Å². The lowest BCUT2D eigenvalue weighted by Crippen LogP contribution is -2.34. The van der Waals surface area contributed by atoms with Crippen LogP contribution in [0.5, 0.6) is 0 Å². The Kier molecular flexibility index (Phi) is 4.37. The van der Waals surface area contributed by atoms with E-state index in [1.165, 1.54) is 19.3 Å². The van der Waals surface area contributed by atoms with Crippen molar-refractivity contribution in [2.45, 2.75) is 38.6 Å². The summed E-state index contributed by atoms with van der Waals surface area (Å²) < 4.78 is 0. The molecule has 1 fully saturated rings. The van der Waals surface area contributed by atoms with Gasteiger partial charge in [-0.2, -0.15) is 0 Å². The molecule has 2 N–H and O–H groups in total. The van der Waals surface area contributed by atoms with Crippen molar-refractivity contribution in [3.05, 3.63) is 29.8 Å². The van der Waals surface area contributed by atoms with Crippen molar-refractivity contribution in [1.29, 1.82) is 0 Å². The van der Waals surface area contributed by atoms with Crippen LogP contribution in [0.25, 0.3) is 0 Å². The number of rotatable bonds is 3. The molecule has 0 heterocycles. The third kappa shape index (κ3) is 2.72. The predicted octanol–water partition coefficient (Wildman–Crippen LogP) is 2.69. The normalized spacial score (nSPS) is 16.6. The summed E-state index contributed by atoms with van der Waals surface area (Å²) in [6.45, 7) is 0.471. The minimum Gasteiger partial charge on any atom is -0.326 e. The van der Waals surface area contributed by atoms with Crippen LogP contribution in [0.3, 0.4) is 0 Å². The summed E-state index contributed by atoms with van der Waals surface area (Å²) in [7, 11) is 1.87. The quantitative estimate of drug-likeness (QED) is 0.891. The number of hydrogen-bond donors (Lipinski definition) is 1. The second-order valence-electron chi connectivity index (χ2n) is 5.07. The van der Waals surface area contributed by atoms with Gasteiger partial charge in [0.05, 0.1) is 0 Å². The molecule has 0 saturated heterocycles. The van der Waals surface area contributed by atoms with Gasteiger partial charge in [-0.1, -0.05) is 37.5 Å². The number of nitrogens with zero attached hydrogens (tertiary/aromatic N) is 1. The molecule has 3 heteroatoms. The fourth-order valence-electron chi connectivity index (χ4n) is 2.75. The fourth-order valence-corrected chi connectivity index (χ4v) is 2.75. The maximum atomic E-state index is 12.5. The highest BCUT2D eigenvalue weighted by molar-refractivity contribution is 5.95. The summed E-state index contributed by atoms with van der Waals surface area (Å²) in [6, 6.07) is 7.88. The van der Waals surface area contributed by atoms with E-state index in [0.29, 0.717) is 6.54 Å². The van der Waals surface area contributed by atoms with Gasteiger partial charge in [-0.05, 0) is 24.5 Å². The summed E-state index contributed by atoms with van der Waals surface area (Å²) in [6.07, 6.45) is 5.71. The molecule has 1 aromatic rings. The number of anilines is 1. The van der Waals surface area contributed by atoms with Crippen LogP contribution in [0.2, 0.25) is 0 Å². The van der Waals surface area contributed by atoms with Gasteiger partial charge in [0.2, 0.25) is 5.91 Å². The van der Waals surface area contributed by atoms with Crippen molar-refractivity contribution in [1.82, 2.24) is 0 Å². The van der Waals surface area contributed by atoms with E-state index in [0.717, 1.165) is 24.1 Å². The van der Waals surface area contributed by atoms with Gasteiger partial charge in [0.25, 0.3) is 0 Å². The highest BCUT2D eigenvalue weighted by atomic mass is 16.2. The first-order chi connectivity index (χ1) is 8.74. The molecule has 0 spiro atoms. The average Bonchev–Trinajstić information content (AvgIpc) is 2.46. The van der Waals surface area contributed by atoms with E-state index in [-0.39, 0.29) is 11.8 Å². The highest BCUT2D eigenvalue weighted by Gasteiger charge is 2.25. The van der Waals surface area contributed by atoms with Gasteiger partial charge in [-0.15, -0.1) is 0 Å². The lowest BCUT2D eigenvalue weighted by molar-refractivity contribution is -0.123. The first-order valence-corrected chi connectivity index (χ1v) is 6.79.